The van der Waals surface area contributed by atoms with E-state index in [0.717, 1.165) is 17.7 Å². The molecule has 1 fully saturated rings. The number of rotatable bonds is 7. The summed E-state index contributed by atoms with van der Waals surface area (Å²) in [6, 6.07) is 12.7. The number of nitrogens with zero attached hydrogens (tertiary/aromatic N) is 1. The molecule has 1 aliphatic heterocycles. The van der Waals surface area contributed by atoms with Crippen LogP contribution in [0.25, 0.3) is 6.08 Å². The number of carbonyl (C=O) groups excluding carboxylic acids is 2. The smallest absolute Gasteiger partial charge is 0.227 e. The lowest BCUT2D eigenvalue weighted by Gasteiger charge is -2.16. The summed E-state index contributed by atoms with van der Waals surface area (Å²) in [4.78, 5) is 26.3. The molecule has 0 aliphatic carbocycles. The lowest BCUT2D eigenvalue weighted by Crippen LogP contribution is -2.23. The highest BCUT2D eigenvalue weighted by atomic mass is 16.5. The van der Waals surface area contributed by atoms with Gasteiger partial charge in [0.2, 0.25) is 5.91 Å². The van der Waals surface area contributed by atoms with Crippen LogP contribution in [0.4, 0.5) is 5.69 Å². The Kier molecular flexibility index (Phi) is 5.91. The third kappa shape index (κ3) is 4.19. The van der Waals surface area contributed by atoms with Crippen LogP contribution in [0.1, 0.15) is 35.7 Å². The number of hydrogen-bond acceptors (Lipinski definition) is 4. The van der Waals surface area contributed by atoms with Crippen LogP contribution in [-0.2, 0) is 4.79 Å². The molecule has 0 bridgehead atoms. The van der Waals surface area contributed by atoms with Gasteiger partial charge < -0.3 is 14.4 Å². The van der Waals surface area contributed by atoms with Crippen LogP contribution < -0.4 is 14.4 Å². The average molecular weight is 365 g/mol. The fourth-order valence-electron chi connectivity index (χ4n) is 3.16. The summed E-state index contributed by atoms with van der Waals surface area (Å²) < 4.78 is 11.0. The Morgan fingerprint density at radius 3 is 2.74 bits per heavy atom. The number of para-hydroxylation sites is 1. The number of allylic oxidation sites excluding steroid dienone is 1. The Morgan fingerprint density at radius 2 is 2.04 bits per heavy atom. The first-order valence-corrected chi connectivity index (χ1v) is 9.06. The van der Waals surface area contributed by atoms with Gasteiger partial charge in [0, 0.05) is 29.8 Å². The SMILES string of the molecule is CCOc1cccc(/C=C/C(=O)c2cccc(N3CCCC3=O)c2)c1OC. The lowest BCUT2D eigenvalue weighted by molar-refractivity contribution is -0.117. The Morgan fingerprint density at radius 1 is 1.22 bits per heavy atom. The van der Waals surface area contributed by atoms with Crippen LogP contribution in [0.3, 0.4) is 0 Å². The van der Waals surface area contributed by atoms with Gasteiger partial charge in [0.1, 0.15) is 0 Å². The molecular weight excluding hydrogens is 342 g/mol. The van der Waals surface area contributed by atoms with Crippen molar-refractivity contribution in [1.29, 1.82) is 0 Å². The van der Waals surface area contributed by atoms with Gasteiger partial charge in [-0.3, -0.25) is 9.59 Å². The molecule has 0 N–H and O–H groups in total. The van der Waals surface area contributed by atoms with Crippen LogP contribution >= 0.6 is 0 Å². The summed E-state index contributed by atoms with van der Waals surface area (Å²) in [5.74, 6) is 1.21. The molecule has 0 atom stereocenters. The fourth-order valence-corrected chi connectivity index (χ4v) is 3.16. The predicted molar refractivity (Wildman–Crippen MR) is 106 cm³/mol. The van der Waals surface area contributed by atoms with Gasteiger partial charge in [0.15, 0.2) is 17.3 Å². The van der Waals surface area contributed by atoms with Crippen molar-refractivity contribution < 1.29 is 19.1 Å². The second kappa shape index (κ2) is 8.54. The van der Waals surface area contributed by atoms with Gasteiger partial charge in [-0.2, -0.15) is 0 Å². The van der Waals surface area contributed by atoms with E-state index >= 15 is 0 Å². The van der Waals surface area contributed by atoms with Crippen molar-refractivity contribution in [2.24, 2.45) is 0 Å². The van der Waals surface area contributed by atoms with Crippen molar-refractivity contribution in [3.8, 4) is 11.5 Å². The first-order chi connectivity index (χ1) is 13.1. The molecule has 1 saturated heterocycles. The molecule has 0 unspecified atom stereocenters. The third-order valence-electron chi connectivity index (χ3n) is 4.44. The van der Waals surface area contributed by atoms with Crippen molar-refractivity contribution in [2.45, 2.75) is 19.8 Å². The Balaban J connectivity index is 1.82. The van der Waals surface area contributed by atoms with Crippen LogP contribution in [0, 0.1) is 0 Å². The van der Waals surface area contributed by atoms with E-state index in [1.54, 1.807) is 36.3 Å². The van der Waals surface area contributed by atoms with Gasteiger partial charge in [-0.15, -0.1) is 0 Å². The van der Waals surface area contributed by atoms with Gasteiger partial charge in [-0.25, -0.2) is 0 Å². The Hall–Kier alpha value is -3.08. The van der Waals surface area contributed by atoms with Crippen molar-refractivity contribution >= 4 is 23.5 Å². The number of carbonyl (C=O) groups is 2. The number of hydrogen-bond donors (Lipinski definition) is 0. The fraction of sp³-hybridized carbons (Fsp3) is 0.273. The number of methoxy groups -OCH3 is 1. The van der Waals surface area contributed by atoms with E-state index in [1.807, 2.05) is 31.2 Å². The molecule has 5 nitrogen and oxygen atoms in total. The van der Waals surface area contributed by atoms with Gasteiger partial charge in [-0.05, 0) is 43.7 Å². The molecule has 2 aromatic rings. The Labute approximate surface area is 159 Å². The van der Waals surface area contributed by atoms with Crippen LogP contribution in [-0.4, -0.2) is 32.0 Å². The number of ketones is 1. The van der Waals surface area contributed by atoms with E-state index in [4.69, 9.17) is 9.47 Å². The summed E-state index contributed by atoms with van der Waals surface area (Å²) in [6.07, 6.45) is 4.65. The number of amides is 1. The van der Waals surface area contributed by atoms with Gasteiger partial charge in [0.25, 0.3) is 0 Å². The molecular formula is C22H23NO4. The van der Waals surface area contributed by atoms with Gasteiger partial charge in [0.05, 0.1) is 13.7 Å². The topological polar surface area (TPSA) is 55.8 Å². The highest BCUT2D eigenvalue weighted by molar-refractivity contribution is 6.08. The number of ether oxygens (including phenoxy) is 2. The van der Waals surface area contributed by atoms with Crippen LogP contribution in [0.15, 0.2) is 48.5 Å². The standard InChI is InChI=1S/C22H23NO4/c1-3-27-20-10-5-7-16(22(20)26-2)12-13-19(24)17-8-4-9-18(15-17)23-14-6-11-21(23)25/h4-5,7-10,12-13,15H,3,6,11,14H2,1-2H3/b13-12+. The highest BCUT2D eigenvalue weighted by Gasteiger charge is 2.22. The van der Waals surface area contributed by atoms with Crippen molar-refractivity contribution in [3.05, 3.63) is 59.7 Å². The van der Waals surface area contributed by atoms with E-state index in [1.165, 1.54) is 6.08 Å². The summed E-state index contributed by atoms with van der Waals surface area (Å²) >= 11 is 0. The summed E-state index contributed by atoms with van der Waals surface area (Å²) in [5, 5.41) is 0. The summed E-state index contributed by atoms with van der Waals surface area (Å²) in [6.45, 7) is 3.14. The monoisotopic (exact) mass is 365 g/mol. The van der Waals surface area contributed by atoms with Crippen molar-refractivity contribution in [3.63, 3.8) is 0 Å². The second-order valence-electron chi connectivity index (χ2n) is 6.21. The van der Waals surface area contributed by atoms with E-state index < -0.39 is 0 Å². The normalized spacial score (nSPS) is 14.0. The maximum atomic E-state index is 12.6. The maximum Gasteiger partial charge on any atom is 0.227 e. The average Bonchev–Trinajstić information content (AvgIpc) is 3.12. The molecule has 1 amide bonds. The second-order valence-corrected chi connectivity index (χ2v) is 6.21. The molecule has 27 heavy (non-hydrogen) atoms. The minimum absolute atomic E-state index is 0.104. The van der Waals surface area contributed by atoms with Crippen molar-refractivity contribution in [2.75, 3.05) is 25.2 Å². The maximum absolute atomic E-state index is 12.6. The van der Waals surface area contributed by atoms with Crippen LogP contribution in [0.5, 0.6) is 11.5 Å². The molecule has 2 aromatic carbocycles. The molecule has 1 aliphatic rings. The molecule has 140 valence electrons. The van der Waals surface area contributed by atoms with E-state index in [2.05, 4.69) is 0 Å². The van der Waals surface area contributed by atoms with Crippen molar-refractivity contribution in [1.82, 2.24) is 0 Å². The molecule has 3 rings (SSSR count). The quantitative estimate of drug-likeness (QED) is 0.547. The van der Waals surface area contributed by atoms with Gasteiger partial charge >= 0.3 is 0 Å². The molecule has 1 heterocycles. The summed E-state index contributed by atoms with van der Waals surface area (Å²) in [5.41, 5.74) is 2.08. The minimum atomic E-state index is -0.132. The van der Waals surface area contributed by atoms with E-state index in [9.17, 15) is 9.59 Å². The van der Waals surface area contributed by atoms with Crippen LogP contribution in [0.2, 0.25) is 0 Å². The molecule has 0 saturated carbocycles. The minimum Gasteiger partial charge on any atom is -0.492 e. The Bertz CT molecular complexity index is 872. The zero-order valence-electron chi connectivity index (χ0n) is 15.6. The van der Waals surface area contributed by atoms with E-state index in [-0.39, 0.29) is 11.7 Å². The third-order valence-corrected chi connectivity index (χ3v) is 4.44. The molecule has 5 heteroatoms. The largest absolute Gasteiger partial charge is 0.492 e. The number of benzene rings is 2. The highest BCUT2D eigenvalue weighted by Crippen LogP contribution is 2.32. The summed E-state index contributed by atoms with van der Waals surface area (Å²) in [7, 11) is 1.58. The molecule has 0 radical (unpaired) electrons. The lowest BCUT2D eigenvalue weighted by atomic mass is 10.1. The first-order valence-electron chi connectivity index (χ1n) is 9.06. The predicted octanol–water partition coefficient (Wildman–Crippen LogP) is 4.12. The first kappa shape index (κ1) is 18.7. The van der Waals surface area contributed by atoms with E-state index in [0.29, 0.717) is 36.6 Å². The zero-order chi connectivity index (χ0) is 19.2. The zero-order valence-corrected chi connectivity index (χ0v) is 15.6. The number of anilines is 1. The molecule has 0 aromatic heterocycles. The van der Waals surface area contributed by atoms with Gasteiger partial charge in [-0.1, -0.05) is 24.3 Å². The molecule has 0 spiro atoms.